The first-order valence-corrected chi connectivity index (χ1v) is 9.02. The second-order valence-corrected chi connectivity index (χ2v) is 7.67. The normalized spacial score (nSPS) is 18.4. The average Bonchev–Trinajstić information content (AvgIpc) is 2.50. The summed E-state index contributed by atoms with van der Waals surface area (Å²) in [6, 6.07) is 5.07. The molecular weight excluding hydrogens is 286 g/mol. The lowest BCUT2D eigenvalue weighted by atomic mass is 9.84. The number of nitrogens with one attached hydrogen (secondary N) is 2. The fourth-order valence-corrected chi connectivity index (χ4v) is 3.70. The van der Waals surface area contributed by atoms with E-state index in [2.05, 4.69) is 17.0 Å². The van der Waals surface area contributed by atoms with Crippen LogP contribution in [0, 0.1) is 5.92 Å². The summed E-state index contributed by atoms with van der Waals surface area (Å²) in [6.45, 7) is 2.15. The second-order valence-electron chi connectivity index (χ2n) is 5.79. The molecule has 4 N–H and O–H groups in total. The van der Waals surface area contributed by atoms with Crippen molar-refractivity contribution in [3.05, 3.63) is 18.2 Å². The zero-order valence-corrected chi connectivity index (χ0v) is 13.5. The summed E-state index contributed by atoms with van der Waals surface area (Å²) in [5.74, 6) is 0.628. The van der Waals surface area contributed by atoms with Crippen molar-refractivity contribution in [1.82, 2.24) is 4.72 Å². The van der Waals surface area contributed by atoms with Crippen LogP contribution in [0.1, 0.15) is 39.0 Å². The van der Waals surface area contributed by atoms with E-state index in [0.717, 1.165) is 0 Å². The molecule has 0 saturated heterocycles. The first kappa shape index (κ1) is 16.1. The lowest BCUT2D eigenvalue weighted by Crippen LogP contribution is -2.28. The predicted octanol–water partition coefficient (Wildman–Crippen LogP) is 2.56. The van der Waals surface area contributed by atoms with Crippen LogP contribution in [0.3, 0.4) is 0 Å². The molecular formula is C15H25N3O2S. The van der Waals surface area contributed by atoms with Gasteiger partial charge in [0.05, 0.1) is 16.3 Å². The highest BCUT2D eigenvalue weighted by Crippen LogP contribution is 2.30. The zero-order valence-electron chi connectivity index (χ0n) is 12.7. The molecule has 2 rings (SSSR count). The predicted molar refractivity (Wildman–Crippen MR) is 86.8 cm³/mol. The van der Waals surface area contributed by atoms with Crippen LogP contribution in [0.15, 0.2) is 23.1 Å². The molecule has 1 aliphatic rings. The Morgan fingerprint density at radius 1 is 1.24 bits per heavy atom. The van der Waals surface area contributed by atoms with E-state index >= 15 is 0 Å². The van der Waals surface area contributed by atoms with Crippen LogP contribution in [0.2, 0.25) is 0 Å². The van der Waals surface area contributed by atoms with Gasteiger partial charge in [0.2, 0.25) is 10.0 Å². The van der Waals surface area contributed by atoms with Gasteiger partial charge in [0.25, 0.3) is 0 Å². The molecule has 21 heavy (non-hydrogen) atoms. The molecule has 1 aromatic rings. The zero-order chi connectivity index (χ0) is 15.5. The van der Waals surface area contributed by atoms with Crippen molar-refractivity contribution in [2.75, 3.05) is 18.1 Å². The number of rotatable bonds is 5. The van der Waals surface area contributed by atoms with Crippen molar-refractivity contribution < 1.29 is 8.42 Å². The smallest absolute Gasteiger partial charge is 0.240 e. The van der Waals surface area contributed by atoms with Crippen LogP contribution < -0.4 is 15.8 Å². The van der Waals surface area contributed by atoms with E-state index in [-0.39, 0.29) is 4.90 Å². The lowest BCUT2D eigenvalue weighted by molar-refractivity contribution is 0.328. The Labute approximate surface area is 127 Å². The van der Waals surface area contributed by atoms with Gasteiger partial charge in [0.15, 0.2) is 0 Å². The minimum absolute atomic E-state index is 0.234. The molecule has 1 aliphatic carbocycles. The standard InChI is InChI=1S/C15H25N3O2S/c1-11(12-6-4-3-5-7-12)18-15-10-13(8-9-14(15)16)21(19,20)17-2/h8-12,17-18H,3-7,16H2,1-2H3. The second kappa shape index (κ2) is 6.66. The molecule has 0 aliphatic heterocycles. The van der Waals surface area contributed by atoms with Crippen molar-refractivity contribution in [3.8, 4) is 0 Å². The summed E-state index contributed by atoms with van der Waals surface area (Å²) < 4.78 is 26.1. The van der Waals surface area contributed by atoms with Gasteiger partial charge < -0.3 is 11.1 Å². The molecule has 118 valence electrons. The molecule has 1 aromatic carbocycles. The van der Waals surface area contributed by atoms with Gasteiger partial charge >= 0.3 is 0 Å². The van der Waals surface area contributed by atoms with Gasteiger partial charge in [-0.1, -0.05) is 19.3 Å². The van der Waals surface area contributed by atoms with Crippen LogP contribution in [-0.2, 0) is 10.0 Å². The highest BCUT2D eigenvalue weighted by molar-refractivity contribution is 7.89. The molecule has 1 fully saturated rings. The maximum atomic E-state index is 11.9. The van der Waals surface area contributed by atoms with Crippen molar-refractivity contribution >= 4 is 21.4 Å². The Balaban J connectivity index is 2.17. The molecule has 6 heteroatoms. The van der Waals surface area contributed by atoms with Gasteiger partial charge in [-0.05, 0) is 50.9 Å². The quantitative estimate of drug-likeness (QED) is 0.730. The molecule has 1 atom stereocenters. The summed E-state index contributed by atoms with van der Waals surface area (Å²) in [6.07, 6.45) is 6.33. The number of hydrogen-bond donors (Lipinski definition) is 3. The van der Waals surface area contributed by atoms with Gasteiger partial charge in [-0.25, -0.2) is 13.1 Å². The molecule has 0 bridgehead atoms. The summed E-state index contributed by atoms with van der Waals surface area (Å²) in [5, 5.41) is 3.40. The van der Waals surface area contributed by atoms with Crippen molar-refractivity contribution in [1.29, 1.82) is 0 Å². The Bertz CT molecular complexity index is 581. The Morgan fingerprint density at radius 2 is 1.90 bits per heavy atom. The number of benzene rings is 1. The number of sulfonamides is 1. The Kier molecular flexibility index (Phi) is 5.11. The average molecular weight is 311 g/mol. The minimum atomic E-state index is -3.44. The van der Waals surface area contributed by atoms with Crippen LogP contribution in [-0.4, -0.2) is 21.5 Å². The third-order valence-corrected chi connectivity index (χ3v) is 5.76. The molecule has 1 unspecified atom stereocenters. The van der Waals surface area contributed by atoms with Crippen molar-refractivity contribution in [3.63, 3.8) is 0 Å². The van der Waals surface area contributed by atoms with Crippen LogP contribution >= 0.6 is 0 Å². The van der Waals surface area contributed by atoms with Gasteiger partial charge in [0, 0.05) is 6.04 Å². The third kappa shape index (κ3) is 3.89. The number of anilines is 2. The van der Waals surface area contributed by atoms with Crippen molar-refractivity contribution in [2.45, 2.75) is 50.0 Å². The van der Waals surface area contributed by atoms with E-state index < -0.39 is 10.0 Å². The fourth-order valence-electron chi connectivity index (χ4n) is 2.94. The molecule has 0 spiro atoms. The number of hydrogen-bond acceptors (Lipinski definition) is 4. The van der Waals surface area contributed by atoms with E-state index in [1.807, 2.05) is 0 Å². The van der Waals surface area contributed by atoms with E-state index in [9.17, 15) is 8.42 Å². The SMILES string of the molecule is CNS(=O)(=O)c1ccc(N)c(NC(C)C2CCCCC2)c1. The monoisotopic (exact) mass is 311 g/mol. The molecule has 0 heterocycles. The first-order chi connectivity index (χ1) is 9.94. The Morgan fingerprint density at radius 3 is 2.52 bits per heavy atom. The first-order valence-electron chi connectivity index (χ1n) is 7.53. The Hall–Kier alpha value is -1.27. The molecule has 0 radical (unpaired) electrons. The maximum Gasteiger partial charge on any atom is 0.240 e. The molecule has 5 nitrogen and oxygen atoms in total. The van der Waals surface area contributed by atoms with Crippen LogP contribution in [0.5, 0.6) is 0 Å². The lowest BCUT2D eigenvalue weighted by Gasteiger charge is -2.29. The third-order valence-electron chi connectivity index (χ3n) is 4.34. The van der Waals surface area contributed by atoms with E-state index in [0.29, 0.717) is 23.3 Å². The maximum absolute atomic E-state index is 11.9. The number of nitrogens with two attached hydrogens (primary N) is 1. The van der Waals surface area contributed by atoms with Gasteiger partial charge in [0.1, 0.15) is 0 Å². The highest BCUT2D eigenvalue weighted by atomic mass is 32.2. The minimum Gasteiger partial charge on any atom is -0.397 e. The molecule has 0 amide bonds. The highest BCUT2D eigenvalue weighted by Gasteiger charge is 2.21. The number of nitrogen functional groups attached to an aromatic ring is 1. The largest absolute Gasteiger partial charge is 0.397 e. The van der Waals surface area contributed by atoms with E-state index in [1.165, 1.54) is 45.2 Å². The summed E-state index contributed by atoms with van der Waals surface area (Å²) in [7, 11) is -2.04. The van der Waals surface area contributed by atoms with E-state index in [1.54, 1.807) is 12.1 Å². The summed E-state index contributed by atoms with van der Waals surface area (Å²) in [4.78, 5) is 0.234. The van der Waals surface area contributed by atoms with Crippen LogP contribution in [0.4, 0.5) is 11.4 Å². The molecule has 0 aromatic heterocycles. The van der Waals surface area contributed by atoms with Gasteiger partial charge in [-0.2, -0.15) is 0 Å². The van der Waals surface area contributed by atoms with Gasteiger partial charge in [-0.3, -0.25) is 0 Å². The molecule has 1 saturated carbocycles. The van der Waals surface area contributed by atoms with E-state index in [4.69, 9.17) is 5.73 Å². The fraction of sp³-hybridized carbons (Fsp3) is 0.600. The van der Waals surface area contributed by atoms with Crippen LogP contribution in [0.25, 0.3) is 0 Å². The van der Waals surface area contributed by atoms with Gasteiger partial charge in [-0.15, -0.1) is 0 Å². The topological polar surface area (TPSA) is 84.2 Å². The van der Waals surface area contributed by atoms with Crippen molar-refractivity contribution in [2.24, 2.45) is 5.92 Å². The summed E-state index contributed by atoms with van der Waals surface area (Å²) in [5.41, 5.74) is 7.25. The summed E-state index contributed by atoms with van der Waals surface area (Å²) >= 11 is 0.